The summed E-state index contributed by atoms with van der Waals surface area (Å²) in [6.45, 7) is 8.34. The van der Waals surface area contributed by atoms with E-state index in [-0.39, 0.29) is 40.9 Å². The van der Waals surface area contributed by atoms with Crippen molar-refractivity contribution >= 4 is 22.7 Å². The molecule has 2 N–H and O–H groups in total. The van der Waals surface area contributed by atoms with Crippen LogP contribution >= 0.6 is 0 Å². The van der Waals surface area contributed by atoms with Crippen LogP contribution in [0.1, 0.15) is 88.4 Å². The van der Waals surface area contributed by atoms with E-state index in [1.54, 1.807) is 11.1 Å². The highest BCUT2D eigenvalue weighted by molar-refractivity contribution is 6.00. The molecule has 46 heavy (non-hydrogen) atoms. The van der Waals surface area contributed by atoms with Crippen molar-refractivity contribution in [3.8, 4) is 0 Å². The smallest absolute Gasteiger partial charge is 0.254 e. The monoisotopic (exact) mass is 628 g/mol. The average molecular weight is 629 g/mol. The molecule has 2 aromatic rings. The van der Waals surface area contributed by atoms with Crippen LogP contribution in [0.25, 0.3) is 10.9 Å². The van der Waals surface area contributed by atoms with Gasteiger partial charge >= 0.3 is 0 Å². The summed E-state index contributed by atoms with van der Waals surface area (Å²) in [5, 5.41) is 23.3. The van der Waals surface area contributed by atoms with Gasteiger partial charge in [0, 0.05) is 55.9 Å². The predicted molar refractivity (Wildman–Crippen MR) is 177 cm³/mol. The Hall–Kier alpha value is -2.55. The highest BCUT2D eigenvalue weighted by atomic mass is 16.3. The molecule has 8 rings (SSSR count). The summed E-state index contributed by atoms with van der Waals surface area (Å²) >= 11 is 0. The first-order valence-corrected chi connectivity index (χ1v) is 18.2. The van der Waals surface area contributed by atoms with Gasteiger partial charge in [-0.1, -0.05) is 19.9 Å². The van der Waals surface area contributed by atoms with Gasteiger partial charge in [-0.2, -0.15) is 0 Å². The number of aliphatic hydroxyl groups is 2. The van der Waals surface area contributed by atoms with Crippen LogP contribution in [0.2, 0.25) is 0 Å². The Bertz CT molecular complexity index is 1490. The second-order valence-electron chi connectivity index (χ2n) is 16.3. The lowest BCUT2D eigenvalue weighted by Gasteiger charge is -2.62. The third-order valence-corrected chi connectivity index (χ3v) is 14.4. The molecule has 8 nitrogen and oxygen atoms in total. The highest BCUT2D eigenvalue weighted by Gasteiger charge is 2.61. The second kappa shape index (κ2) is 11.6. The second-order valence-corrected chi connectivity index (χ2v) is 16.3. The number of benzene rings is 1. The number of hydrogen-bond acceptors (Lipinski definition) is 6. The molecular weight excluding hydrogens is 576 g/mol. The maximum Gasteiger partial charge on any atom is 0.254 e. The molecule has 2 saturated heterocycles. The van der Waals surface area contributed by atoms with Crippen LogP contribution in [0.4, 0.5) is 0 Å². The Labute approximate surface area is 273 Å². The molecule has 248 valence electrons. The molecule has 6 aliphatic rings. The summed E-state index contributed by atoms with van der Waals surface area (Å²) in [7, 11) is 0. The molecule has 0 spiro atoms. The Balaban J connectivity index is 0.922. The van der Waals surface area contributed by atoms with Gasteiger partial charge in [0.05, 0.1) is 17.7 Å². The maximum atomic E-state index is 13.9. The lowest BCUT2D eigenvalue weighted by atomic mass is 9.44. The first kappa shape index (κ1) is 30.8. The number of likely N-dealkylation sites (tertiary alicyclic amines) is 1. The van der Waals surface area contributed by atoms with Crippen molar-refractivity contribution in [3.05, 3.63) is 42.1 Å². The SMILES string of the molecule is C[C@]12CC(N3CCN(C(=O)[C@@H]4CCCN4C(=O)c4ccc5ncccc5c4)CC3)C(O)CC1CC[C@@H]1[C@H]2CC[C@]2(C)C(O)CC[C@@H]12. The number of carbonyl (C=O) groups excluding carboxylic acids is 2. The zero-order valence-corrected chi connectivity index (χ0v) is 27.7. The molecule has 4 unspecified atom stereocenters. The van der Waals surface area contributed by atoms with Crippen molar-refractivity contribution < 1.29 is 19.8 Å². The molecule has 3 heterocycles. The van der Waals surface area contributed by atoms with Crippen LogP contribution in [0.5, 0.6) is 0 Å². The number of hydrogen-bond donors (Lipinski definition) is 2. The number of piperazine rings is 1. The molecule has 0 bridgehead atoms. The van der Waals surface area contributed by atoms with Crippen LogP contribution in [0, 0.1) is 34.5 Å². The fraction of sp³-hybridized carbons (Fsp3) is 0.711. The number of aromatic nitrogens is 1. The molecule has 1 aromatic heterocycles. The van der Waals surface area contributed by atoms with E-state index in [2.05, 4.69) is 23.7 Å². The Kier molecular flexibility index (Phi) is 7.73. The minimum Gasteiger partial charge on any atom is -0.393 e. The lowest BCUT2D eigenvalue weighted by Crippen LogP contribution is -2.62. The first-order chi connectivity index (χ1) is 22.2. The molecule has 4 saturated carbocycles. The van der Waals surface area contributed by atoms with Crippen LogP contribution in [-0.2, 0) is 4.79 Å². The number of carbonyl (C=O) groups is 2. The van der Waals surface area contributed by atoms with E-state index >= 15 is 0 Å². The first-order valence-electron chi connectivity index (χ1n) is 18.2. The van der Waals surface area contributed by atoms with Crippen LogP contribution in [0.3, 0.4) is 0 Å². The van der Waals surface area contributed by atoms with Gasteiger partial charge in [0.25, 0.3) is 5.91 Å². The normalized spacial score (nSPS) is 41.2. The van der Waals surface area contributed by atoms with E-state index < -0.39 is 6.04 Å². The zero-order valence-electron chi connectivity index (χ0n) is 27.7. The number of nitrogens with zero attached hydrogens (tertiary/aromatic N) is 4. The van der Waals surface area contributed by atoms with E-state index in [9.17, 15) is 19.8 Å². The van der Waals surface area contributed by atoms with Crippen molar-refractivity contribution in [3.63, 3.8) is 0 Å². The van der Waals surface area contributed by atoms with Crippen molar-refractivity contribution in [1.29, 1.82) is 0 Å². The Morgan fingerprint density at radius 2 is 1.70 bits per heavy atom. The maximum absolute atomic E-state index is 13.9. The third-order valence-electron chi connectivity index (χ3n) is 14.4. The highest BCUT2D eigenvalue weighted by Crippen LogP contribution is 2.66. The molecule has 0 radical (unpaired) electrons. The summed E-state index contributed by atoms with van der Waals surface area (Å²) < 4.78 is 0. The summed E-state index contributed by atoms with van der Waals surface area (Å²) in [4.78, 5) is 38.1. The van der Waals surface area contributed by atoms with Crippen LogP contribution in [0.15, 0.2) is 36.5 Å². The Morgan fingerprint density at radius 3 is 2.52 bits per heavy atom. The van der Waals surface area contributed by atoms with Gasteiger partial charge in [-0.25, -0.2) is 0 Å². The van der Waals surface area contributed by atoms with Gasteiger partial charge in [-0.3, -0.25) is 19.5 Å². The van der Waals surface area contributed by atoms with Crippen LogP contribution in [-0.4, -0.2) is 98.7 Å². The topological polar surface area (TPSA) is 97.2 Å². The van der Waals surface area contributed by atoms with Crippen molar-refractivity contribution in [2.45, 2.75) is 102 Å². The minimum absolute atomic E-state index is 0.0725. The van der Waals surface area contributed by atoms with E-state index in [1.165, 1.54) is 25.7 Å². The van der Waals surface area contributed by atoms with E-state index in [4.69, 9.17) is 0 Å². The van der Waals surface area contributed by atoms with Crippen molar-refractivity contribution in [1.82, 2.24) is 19.7 Å². The summed E-state index contributed by atoms with van der Waals surface area (Å²) in [5.74, 6) is 2.59. The van der Waals surface area contributed by atoms with Gasteiger partial charge in [-0.05, 0) is 123 Å². The molecule has 10 atom stereocenters. The fourth-order valence-corrected chi connectivity index (χ4v) is 11.7. The van der Waals surface area contributed by atoms with Gasteiger partial charge < -0.3 is 20.0 Å². The predicted octanol–water partition coefficient (Wildman–Crippen LogP) is 4.73. The van der Waals surface area contributed by atoms with E-state index in [0.29, 0.717) is 55.3 Å². The fourth-order valence-electron chi connectivity index (χ4n) is 11.7. The van der Waals surface area contributed by atoms with Crippen LogP contribution < -0.4 is 0 Å². The summed E-state index contributed by atoms with van der Waals surface area (Å²) in [6.07, 6.45) is 11.7. The number of pyridine rings is 1. The van der Waals surface area contributed by atoms with Gasteiger partial charge in [0.2, 0.25) is 5.91 Å². The zero-order chi connectivity index (χ0) is 31.8. The van der Waals surface area contributed by atoms with Crippen molar-refractivity contribution in [2.75, 3.05) is 32.7 Å². The minimum atomic E-state index is -0.408. The molecule has 2 amide bonds. The average Bonchev–Trinajstić information content (AvgIpc) is 3.68. The number of rotatable bonds is 3. The van der Waals surface area contributed by atoms with Gasteiger partial charge in [0.15, 0.2) is 0 Å². The van der Waals surface area contributed by atoms with Crippen molar-refractivity contribution in [2.24, 2.45) is 34.5 Å². The van der Waals surface area contributed by atoms with E-state index in [0.717, 1.165) is 56.1 Å². The number of fused-ring (bicyclic) bond motifs is 6. The Morgan fingerprint density at radius 1 is 0.891 bits per heavy atom. The standard InChI is InChI=1S/C38H52N4O4/c1-37-14-13-29-27(28(37)10-12-34(37)44)9-8-26-22-33(43)32(23-38(26,29)2)40-17-19-41(20-18-40)36(46)31-6-4-16-42(31)35(45)25-7-11-30-24(21-25)5-3-15-39-30/h3,5,7,11,15,21,26-29,31-34,43-44H,4,6,8-10,12-14,16-20,22-23H2,1-2H3/t26?,27-,28-,29+,31-,32?,33?,34?,37-,38-/m0/s1. The van der Waals surface area contributed by atoms with Gasteiger partial charge in [0.1, 0.15) is 6.04 Å². The third kappa shape index (κ3) is 4.83. The number of aliphatic hydroxyl groups excluding tert-OH is 2. The summed E-state index contributed by atoms with van der Waals surface area (Å²) in [6, 6.07) is 9.17. The lowest BCUT2D eigenvalue weighted by molar-refractivity contribution is -0.157. The van der Waals surface area contributed by atoms with Gasteiger partial charge in [-0.15, -0.1) is 0 Å². The van der Waals surface area contributed by atoms with E-state index in [1.807, 2.05) is 35.2 Å². The molecule has 4 aliphatic carbocycles. The molecule has 2 aliphatic heterocycles. The quantitative estimate of drug-likeness (QED) is 0.511. The molecule has 8 heteroatoms. The summed E-state index contributed by atoms with van der Waals surface area (Å²) in [5.41, 5.74) is 1.78. The number of amides is 2. The molecular formula is C38H52N4O4. The molecule has 6 fully saturated rings. The molecule has 1 aromatic carbocycles. The largest absolute Gasteiger partial charge is 0.393 e.